The second-order valence-corrected chi connectivity index (χ2v) is 6.10. The number of nitrogens with zero attached hydrogens (tertiary/aromatic N) is 3. The fraction of sp³-hybridized carbons (Fsp3) is 0.125. The van der Waals surface area contributed by atoms with E-state index < -0.39 is 0 Å². The molecule has 0 saturated carbocycles. The Balaban J connectivity index is 2.01. The van der Waals surface area contributed by atoms with Crippen molar-refractivity contribution in [1.29, 1.82) is 0 Å². The predicted molar refractivity (Wildman–Crippen MR) is 88.2 cm³/mol. The molecule has 0 aliphatic heterocycles. The van der Waals surface area contributed by atoms with Crippen molar-refractivity contribution < 1.29 is 0 Å². The number of hydrogen-bond acceptors (Lipinski definition) is 2. The number of aryl methyl sites for hydroxylation is 2. The molecule has 1 aromatic carbocycles. The van der Waals surface area contributed by atoms with Crippen molar-refractivity contribution in [3.63, 3.8) is 0 Å². The van der Waals surface area contributed by atoms with Crippen molar-refractivity contribution in [3.8, 4) is 11.3 Å². The minimum atomic E-state index is 0.745. The smallest absolute Gasteiger partial charge is 0.156 e. The summed E-state index contributed by atoms with van der Waals surface area (Å²) in [6.45, 7) is 2.11. The van der Waals surface area contributed by atoms with Gasteiger partial charge in [0, 0.05) is 29.7 Å². The Morgan fingerprint density at radius 1 is 1.24 bits per heavy atom. The molecule has 0 bridgehead atoms. The Labute approximate surface area is 130 Å². The highest BCUT2D eigenvalue weighted by Gasteiger charge is 2.12. The molecule has 4 aromatic rings. The van der Waals surface area contributed by atoms with Crippen LogP contribution in [0.5, 0.6) is 0 Å². The number of rotatable bonds is 1. The van der Waals surface area contributed by atoms with Gasteiger partial charge < -0.3 is 9.55 Å². The van der Waals surface area contributed by atoms with Gasteiger partial charge in [-0.2, -0.15) is 0 Å². The second-order valence-electron chi connectivity index (χ2n) is 5.28. The van der Waals surface area contributed by atoms with Crippen molar-refractivity contribution in [2.24, 2.45) is 7.05 Å². The average molecular weight is 341 g/mol. The van der Waals surface area contributed by atoms with Crippen LogP contribution in [0.25, 0.3) is 33.3 Å². The lowest BCUT2D eigenvalue weighted by Gasteiger charge is -1.98. The van der Waals surface area contributed by atoms with Gasteiger partial charge in [-0.15, -0.1) is 0 Å². The van der Waals surface area contributed by atoms with Crippen molar-refractivity contribution in [1.82, 2.24) is 19.5 Å². The van der Waals surface area contributed by atoms with Gasteiger partial charge in [0.15, 0.2) is 5.65 Å². The number of hydrogen-bond donors (Lipinski definition) is 1. The molecule has 0 aliphatic rings. The Morgan fingerprint density at radius 2 is 2.10 bits per heavy atom. The van der Waals surface area contributed by atoms with Crippen LogP contribution in [0.4, 0.5) is 0 Å². The second kappa shape index (κ2) is 4.43. The summed E-state index contributed by atoms with van der Waals surface area (Å²) < 4.78 is 2.89. The summed E-state index contributed by atoms with van der Waals surface area (Å²) in [5.74, 6) is 0. The first-order valence-corrected chi connectivity index (χ1v) is 7.48. The summed E-state index contributed by atoms with van der Waals surface area (Å²) in [6.07, 6.45) is 3.85. The van der Waals surface area contributed by atoms with Gasteiger partial charge >= 0.3 is 0 Å². The fourth-order valence-electron chi connectivity index (χ4n) is 2.74. The molecule has 104 valence electrons. The molecular weight excluding hydrogens is 328 g/mol. The van der Waals surface area contributed by atoms with Crippen LogP contribution in [0.2, 0.25) is 0 Å². The minimum Gasteiger partial charge on any atom is -0.350 e. The molecule has 4 nitrogen and oxygen atoms in total. The van der Waals surface area contributed by atoms with E-state index in [4.69, 9.17) is 0 Å². The monoisotopic (exact) mass is 340 g/mol. The van der Waals surface area contributed by atoms with Crippen molar-refractivity contribution in [3.05, 3.63) is 46.8 Å². The zero-order valence-corrected chi connectivity index (χ0v) is 13.3. The molecule has 0 radical (unpaired) electrons. The van der Waals surface area contributed by atoms with Gasteiger partial charge in [0.05, 0.1) is 11.9 Å². The minimum absolute atomic E-state index is 0.745. The molecule has 1 N–H and O–H groups in total. The van der Waals surface area contributed by atoms with Crippen molar-refractivity contribution in [2.75, 3.05) is 0 Å². The topological polar surface area (TPSA) is 46.5 Å². The van der Waals surface area contributed by atoms with Crippen LogP contribution in [-0.4, -0.2) is 19.5 Å². The van der Waals surface area contributed by atoms with E-state index in [9.17, 15) is 0 Å². The van der Waals surface area contributed by atoms with Gasteiger partial charge in [-0.05, 0) is 41.1 Å². The SMILES string of the molecule is Cc1ccc2c(c1)c(-c1cc3nc(Br)cnc3[nH]1)cn2C. The van der Waals surface area contributed by atoms with Crippen LogP contribution in [0.1, 0.15) is 5.56 Å². The predicted octanol–water partition coefficient (Wildman–Crippen LogP) is 4.19. The van der Waals surface area contributed by atoms with Crippen LogP contribution in [0.15, 0.2) is 41.3 Å². The van der Waals surface area contributed by atoms with Crippen molar-refractivity contribution in [2.45, 2.75) is 6.92 Å². The third-order valence-corrected chi connectivity index (χ3v) is 4.12. The summed E-state index contributed by atoms with van der Waals surface area (Å²) in [4.78, 5) is 12.2. The standard InChI is InChI=1S/C16H13BrN4/c1-9-3-4-14-10(5-9)11(8-21(14)2)12-6-13-16(20-12)18-7-15(17)19-13/h3-8H,1-2H3,(H,18,20). The van der Waals surface area contributed by atoms with Gasteiger partial charge in [0.2, 0.25) is 0 Å². The van der Waals surface area contributed by atoms with Crippen LogP contribution in [0.3, 0.4) is 0 Å². The molecule has 21 heavy (non-hydrogen) atoms. The van der Waals surface area contributed by atoms with E-state index in [0.717, 1.165) is 21.5 Å². The highest BCUT2D eigenvalue weighted by Crippen LogP contribution is 2.31. The van der Waals surface area contributed by atoms with E-state index in [-0.39, 0.29) is 0 Å². The lowest BCUT2D eigenvalue weighted by atomic mass is 10.1. The number of H-pyrrole nitrogens is 1. The van der Waals surface area contributed by atoms with E-state index >= 15 is 0 Å². The Kier molecular flexibility index (Phi) is 2.65. The Hall–Kier alpha value is -2.14. The zero-order valence-electron chi connectivity index (χ0n) is 11.7. The van der Waals surface area contributed by atoms with Gasteiger partial charge in [-0.25, -0.2) is 9.97 Å². The molecule has 0 fully saturated rings. The first kappa shape index (κ1) is 12.6. The molecule has 0 aliphatic carbocycles. The van der Waals surface area contributed by atoms with Gasteiger partial charge in [-0.3, -0.25) is 0 Å². The van der Waals surface area contributed by atoms with Gasteiger partial charge in [-0.1, -0.05) is 11.6 Å². The molecule has 3 heterocycles. The molecule has 0 atom stereocenters. The van der Waals surface area contributed by atoms with Gasteiger partial charge in [0.25, 0.3) is 0 Å². The molecular formula is C16H13BrN4. The van der Waals surface area contributed by atoms with E-state index in [1.54, 1.807) is 6.20 Å². The number of nitrogens with one attached hydrogen (secondary N) is 1. The lowest BCUT2D eigenvalue weighted by molar-refractivity contribution is 0.969. The van der Waals surface area contributed by atoms with Crippen LogP contribution in [-0.2, 0) is 7.05 Å². The number of aromatic amines is 1. The first-order chi connectivity index (χ1) is 10.1. The van der Waals surface area contributed by atoms with E-state index in [1.807, 2.05) is 6.07 Å². The zero-order chi connectivity index (χ0) is 14.6. The van der Waals surface area contributed by atoms with Gasteiger partial charge in [0.1, 0.15) is 10.1 Å². The largest absolute Gasteiger partial charge is 0.350 e. The summed E-state index contributed by atoms with van der Waals surface area (Å²) in [7, 11) is 2.07. The first-order valence-electron chi connectivity index (χ1n) is 6.69. The molecule has 4 rings (SSSR count). The maximum Gasteiger partial charge on any atom is 0.156 e. The van der Waals surface area contributed by atoms with Crippen LogP contribution in [0, 0.1) is 6.92 Å². The number of benzene rings is 1. The Morgan fingerprint density at radius 3 is 2.95 bits per heavy atom. The third-order valence-electron chi connectivity index (χ3n) is 3.74. The Bertz CT molecular complexity index is 981. The lowest BCUT2D eigenvalue weighted by Crippen LogP contribution is -1.82. The van der Waals surface area contributed by atoms with E-state index in [1.165, 1.54) is 22.0 Å². The quantitative estimate of drug-likeness (QED) is 0.564. The molecule has 0 spiro atoms. The average Bonchev–Trinajstić information content (AvgIpc) is 2.99. The third kappa shape index (κ3) is 1.96. The number of halogens is 1. The van der Waals surface area contributed by atoms with Crippen molar-refractivity contribution >= 4 is 38.0 Å². The molecule has 5 heteroatoms. The molecule has 0 amide bonds. The molecule has 3 aromatic heterocycles. The highest BCUT2D eigenvalue weighted by atomic mass is 79.9. The van der Waals surface area contributed by atoms with E-state index in [2.05, 4.69) is 73.8 Å². The molecule has 0 unspecified atom stereocenters. The van der Waals surface area contributed by atoms with Crippen LogP contribution < -0.4 is 0 Å². The maximum absolute atomic E-state index is 4.44. The fourth-order valence-corrected chi connectivity index (χ4v) is 3.04. The normalized spacial score (nSPS) is 11.6. The number of aromatic nitrogens is 4. The summed E-state index contributed by atoms with van der Waals surface area (Å²) >= 11 is 3.36. The highest BCUT2D eigenvalue weighted by molar-refractivity contribution is 9.10. The van der Waals surface area contributed by atoms with E-state index in [0.29, 0.717) is 0 Å². The molecule has 0 saturated heterocycles. The van der Waals surface area contributed by atoms with Crippen LogP contribution >= 0.6 is 15.9 Å². The summed E-state index contributed by atoms with van der Waals surface area (Å²) in [5, 5.41) is 1.24. The number of fused-ring (bicyclic) bond motifs is 2. The maximum atomic E-state index is 4.44. The summed E-state index contributed by atoms with van der Waals surface area (Å²) in [5.41, 5.74) is 6.36. The summed E-state index contributed by atoms with van der Waals surface area (Å²) in [6, 6.07) is 8.55.